The second-order valence-electron chi connectivity index (χ2n) is 7.44. The van der Waals surface area contributed by atoms with Gasteiger partial charge in [-0.2, -0.15) is 0 Å². The van der Waals surface area contributed by atoms with Gasteiger partial charge in [0, 0.05) is 62.9 Å². The number of pyridine rings is 1. The quantitative estimate of drug-likeness (QED) is 0.820. The van der Waals surface area contributed by atoms with Gasteiger partial charge in [-0.3, -0.25) is 14.6 Å². The summed E-state index contributed by atoms with van der Waals surface area (Å²) in [5.41, 5.74) is 3.27. The molecule has 2 amide bonds. The summed E-state index contributed by atoms with van der Waals surface area (Å²) in [4.78, 5) is 35.5. The Morgan fingerprint density at radius 2 is 1.68 bits per heavy atom. The number of hydrogen-bond acceptors (Lipinski definition) is 4. The van der Waals surface area contributed by atoms with Crippen molar-refractivity contribution in [1.29, 1.82) is 0 Å². The molecule has 2 aliphatic heterocycles. The number of anilines is 2. The molecule has 0 spiro atoms. The number of carbonyl (C=O) groups excluding carboxylic acids is 2. The van der Waals surface area contributed by atoms with E-state index < -0.39 is 0 Å². The van der Waals surface area contributed by atoms with E-state index in [9.17, 15) is 9.59 Å². The molecular weight excluding hydrogens is 352 g/mol. The molecule has 1 aromatic heterocycles. The maximum atomic E-state index is 13.0. The summed E-state index contributed by atoms with van der Waals surface area (Å²) in [5, 5.41) is 0. The van der Waals surface area contributed by atoms with Gasteiger partial charge in [0.05, 0.1) is 5.92 Å². The minimum Gasteiger partial charge on any atom is -0.368 e. The van der Waals surface area contributed by atoms with Gasteiger partial charge in [-0.05, 0) is 36.2 Å². The highest BCUT2D eigenvalue weighted by atomic mass is 16.2. The predicted octanol–water partition coefficient (Wildman–Crippen LogP) is 2.35. The fourth-order valence-corrected chi connectivity index (χ4v) is 4.03. The predicted molar refractivity (Wildman–Crippen MR) is 109 cm³/mol. The fourth-order valence-electron chi connectivity index (χ4n) is 4.03. The molecular formula is C22H26N4O2. The maximum absolute atomic E-state index is 13.0. The van der Waals surface area contributed by atoms with Crippen molar-refractivity contribution in [2.24, 2.45) is 5.92 Å². The van der Waals surface area contributed by atoms with Crippen LogP contribution in [-0.2, 0) is 16.0 Å². The number of carbonyl (C=O) groups is 2. The lowest BCUT2D eigenvalue weighted by Gasteiger charge is -2.37. The number of rotatable bonds is 4. The number of hydrogen-bond donors (Lipinski definition) is 0. The first kappa shape index (κ1) is 18.5. The number of nitrogens with zero attached hydrogens (tertiary/aromatic N) is 4. The highest BCUT2D eigenvalue weighted by Crippen LogP contribution is 2.27. The molecule has 0 saturated carbocycles. The van der Waals surface area contributed by atoms with E-state index in [0.717, 1.165) is 30.9 Å². The molecule has 6 nitrogen and oxygen atoms in total. The van der Waals surface area contributed by atoms with Gasteiger partial charge in [0.25, 0.3) is 0 Å². The standard InChI is InChI=1S/C22H26N4O2/c1-2-17-3-5-20(6-4-17)26-16-18(15-21(26)27)22(28)25-13-11-24(12-14-25)19-7-9-23-10-8-19/h3-10,18H,2,11-16H2,1H3/t18-/m1/s1. The third-order valence-corrected chi connectivity index (χ3v) is 5.75. The van der Waals surface area contributed by atoms with Crippen LogP contribution in [0.15, 0.2) is 48.8 Å². The Labute approximate surface area is 165 Å². The monoisotopic (exact) mass is 378 g/mol. The Hall–Kier alpha value is -2.89. The second-order valence-corrected chi connectivity index (χ2v) is 7.44. The smallest absolute Gasteiger partial charge is 0.228 e. The van der Waals surface area contributed by atoms with Gasteiger partial charge >= 0.3 is 0 Å². The Kier molecular flexibility index (Phi) is 5.28. The van der Waals surface area contributed by atoms with Crippen molar-refractivity contribution < 1.29 is 9.59 Å². The fraction of sp³-hybridized carbons (Fsp3) is 0.409. The minimum atomic E-state index is -0.245. The highest BCUT2D eigenvalue weighted by Gasteiger charge is 2.37. The van der Waals surface area contributed by atoms with Gasteiger partial charge in [-0.15, -0.1) is 0 Å². The largest absolute Gasteiger partial charge is 0.368 e. The van der Waals surface area contributed by atoms with Crippen molar-refractivity contribution in [3.8, 4) is 0 Å². The van der Waals surface area contributed by atoms with Crippen LogP contribution in [0.4, 0.5) is 11.4 Å². The van der Waals surface area contributed by atoms with Gasteiger partial charge in [0.15, 0.2) is 0 Å². The van der Waals surface area contributed by atoms with E-state index in [1.54, 1.807) is 17.3 Å². The SMILES string of the molecule is CCc1ccc(N2C[C@H](C(=O)N3CCN(c4ccncc4)CC3)CC2=O)cc1. The zero-order valence-electron chi connectivity index (χ0n) is 16.3. The summed E-state index contributed by atoms with van der Waals surface area (Å²) in [6.07, 6.45) is 4.86. The molecule has 2 aromatic rings. The third kappa shape index (κ3) is 3.72. The van der Waals surface area contributed by atoms with E-state index in [1.807, 2.05) is 29.2 Å². The molecule has 0 unspecified atom stereocenters. The average Bonchev–Trinajstić information content (AvgIpc) is 3.15. The van der Waals surface area contributed by atoms with E-state index in [-0.39, 0.29) is 17.7 Å². The summed E-state index contributed by atoms with van der Waals surface area (Å²) in [5.74, 6) is -0.0979. The van der Waals surface area contributed by atoms with Crippen LogP contribution in [0.1, 0.15) is 18.9 Å². The molecule has 6 heteroatoms. The zero-order chi connectivity index (χ0) is 19.5. The lowest BCUT2D eigenvalue weighted by atomic mass is 10.1. The number of aromatic nitrogens is 1. The molecule has 1 atom stereocenters. The molecule has 0 aliphatic carbocycles. The topological polar surface area (TPSA) is 56.8 Å². The first-order valence-corrected chi connectivity index (χ1v) is 9.98. The molecule has 3 heterocycles. The summed E-state index contributed by atoms with van der Waals surface area (Å²) in [7, 11) is 0. The van der Waals surface area contributed by atoms with Crippen molar-refractivity contribution in [2.45, 2.75) is 19.8 Å². The summed E-state index contributed by atoms with van der Waals surface area (Å²) in [6, 6.07) is 12.1. The van der Waals surface area contributed by atoms with Crippen LogP contribution in [0.25, 0.3) is 0 Å². The maximum Gasteiger partial charge on any atom is 0.228 e. The van der Waals surface area contributed by atoms with Crippen LogP contribution in [0.3, 0.4) is 0 Å². The number of amides is 2. The van der Waals surface area contributed by atoms with E-state index in [2.05, 4.69) is 28.9 Å². The van der Waals surface area contributed by atoms with Crippen molar-refractivity contribution in [3.05, 3.63) is 54.4 Å². The highest BCUT2D eigenvalue weighted by molar-refractivity contribution is 6.00. The van der Waals surface area contributed by atoms with Crippen LogP contribution in [-0.4, -0.2) is 54.4 Å². The molecule has 28 heavy (non-hydrogen) atoms. The van der Waals surface area contributed by atoms with Crippen LogP contribution >= 0.6 is 0 Å². The molecule has 0 bridgehead atoms. The van der Waals surface area contributed by atoms with E-state index in [0.29, 0.717) is 26.1 Å². The van der Waals surface area contributed by atoms with Gasteiger partial charge in [-0.1, -0.05) is 19.1 Å². The Morgan fingerprint density at radius 3 is 2.32 bits per heavy atom. The number of benzene rings is 1. The van der Waals surface area contributed by atoms with Crippen LogP contribution < -0.4 is 9.80 Å². The molecule has 0 radical (unpaired) electrons. The lowest BCUT2D eigenvalue weighted by Crippen LogP contribution is -2.50. The number of piperazine rings is 1. The molecule has 2 saturated heterocycles. The van der Waals surface area contributed by atoms with Gasteiger partial charge in [0.1, 0.15) is 0 Å². The van der Waals surface area contributed by atoms with Crippen LogP contribution in [0.5, 0.6) is 0 Å². The molecule has 2 aliphatic rings. The van der Waals surface area contributed by atoms with Gasteiger partial charge < -0.3 is 14.7 Å². The first-order chi connectivity index (χ1) is 13.7. The molecule has 4 rings (SSSR count). The minimum absolute atomic E-state index is 0.0398. The molecule has 1 aromatic carbocycles. The van der Waals surface area contributed by atoms with Crippen molar-refractivity contribution in [1.82, 2.24) is 9.88 Å². The molecule has 2 fully saturated rings. The van der Waals surface area contributed by atoms with Crippen LogP contribution in [0.2, 0.25) is 0 Å². The first-order valence-electron chi connectivity index (χ1n) is 9.98. The normalized spacial score (nSPS) is 20.0. The summed E-state index contributed by atoms with van der Waals surface area (Å²) in [6.45, 7) is 5.58. The van der Waals surface area contributed by atoms with E-state index in [4.69, 9.17) is 0 Å². The van der Waals surface area contributed by atoms with Gasteiger partial charge in [0.2, 0.25) is 11.8 Å². The average molecular weight is 378 g/mol. The van der Waals surface area contributed by atoms with Gasteiger partial charge in [-0.25, -0.2) is 0 Å². The second kappa shape index (κ2) is 8.00. The van der Waals surface area contributed by atoms with Crippen molar-refractivity contribution in [3.63, 3.8) is 0 Å². The lowest BCUT2D eigenvalue weighted by molar-refractivity contribution is -0.136. The van der Waals surface area contributed by atoms with E-state index in [1.165, 1.54) is 5.56 Å². The van der Waals surface area contributed by atoms with Crippen molar-refractivity contribution >= 4 is 23.2 Å². The van der Waals surface area contributed by atoms with Crippen LogP contribution in [0, 0.1) is 5.92 Å². The number of aryl methyl sites for hydroxylation is 1. The summed E-state index contributed by atoms with van der Waals surface area (Å²) >= 11 is 0. The summed E-state index contributed by atoms with van der Waals surface area (Å²) < 4.78 is 0. The Balaban J connectivity index is 1.36. The van der Waals surface area contributed by atoms with E-state index >= 15 is 0 Å². The third-order valence-electron chi connectivity index (χ3n) is 5.75. The van der Waals surface area contributed by atoms with Crippen molar-refractivity contribution in [2.75, 3.05) is 42.5 Å². The molecule has 0 N–H and O–H groups in total. The Bertz CT molecular complexity index is 829. The molecule has 146 valence electrons. The zero-order valence-corrected chi connectivity index (χ0v) is 16.3. The Morgan fingerprint density at radius 1 is 1.00 bits per heavy atom.